The van der Waals surface area contributed by atoms with Gasteiger partial charge >= 0.3 is 5.97 Å². The van der Waals surface area contributed by atoms with Crippen LogP contribution in [0, 0.1) is 0 Å². The molecule has 1 heterocycles. The van der Waals surface area contributed by atoms with Crippen molar-refractivity contribution in [2.75, 3.05) is 25.5 Å². The van der Waals surface area contributed by atoms with Crippen molar-refractivity contribution in [1.82, 2.24) is 5.32 Å². The lowest BCUT2D eigenvalue weighted by molar-refractivity contribution is -0.138. The van der Waals surface area contributed by atoms with Crippen LogP contribution in [0.4, 0.5) is 5.69 Å². The Morgan fingerprint density at radius 2 is 2.29 bits per heavy atom. The smallest absolute Gasteiger partial charge is 0.325 e. The zero-order chi connectivity index (χ0) is 11.4. The summed E-state index contributed by atoms with van der Waals surface area (Å²) in [5.74, 6) is -0.251. The maximum absolute atomic E-state index is 11.0. The number of ether oxygens (including phenoxy) is 1. The molecule has 0 unspecified atom stereocenters. The van der Waals surface area contributed by atoms with Crippen molar-refractivity contribution in [2.24, 2.45) is 0 Å². The predicted molar refractivity (Wildman–Crippen MR) is 69.6 cm³/mol. The molecule has 0 fully saturated rings. The summed E-state index contributed by atoms with van der Waals surface area (Å²) in [4.78, 5) is 11.0. The maximum Gasteiger partial charge on any atom is 0.325 e. The van der Waals surface area contributed by atoms with Crippen LogP contribution in [-0.2, 0) is 22.5 Å². The van der Waals surface area contributed by atoms with E-state index < -0.39 is 0 Å². The Bertz CT molecular complexity index is 396. The molecule has 2 rings (SSSR count). The Hall–Kier alpha value is -1.26. The number of halogens is 1. The summed E-state index contributed by atoms with van der Waals surface area (Å²) in [6.07, 6.45) is 1.04. The van der Waals surface area contributed by atoms with Crippen LogP contribution in [0.3, 0.4) is 0 Å². The molecule has 1 aliphatic heterocycles. The van der Waals surface area contributed by atoms with Gasteiger partial charge < -0.3 is 15.4 Å². The fraction of sp³-hybridized carbons (Fsp3) is 0.417. The highest BCUT2D eigenvalue weighted by Crippen LogP contribution is 2.18. The molecule has 0 saturated carbocycles. The topological polar surface area (TPSA) is 50.4 Å². The molecule has 94 valence electrons. The molecular weight excluding hydrogens is 240 g/mol. The first kappa shape index (κ1) is 13.8. The van der Waals surface area contributed by atoms with E-state index in [0.29, 0.717) is 0 Å². The van der Waals surface area contributed by atoms with Crippen LogP contribution in [0.5, 0.6) is 0 Å². The van der Waals surface area contributed by atoms with Gasteiger partial charge in [-0.3, -0.25) is 4.79 Å². The van der Waals surface area contributed by atoms with Gasteiger partial charge in [0.05, 0.1) is 7.11 Å². The number of carbonyl (C=O) groups is 1. The molecule has 0 atom stereocenters. The molecule has 1 aromatic rings. The van der Waals surface area contributed by atoms with Crippen LogP contribution < -0.4 is 10.6 Å². The number of carbonyl (C=O) groups excluding carboxylic acids is 1. The summed E-state index contributed by atoms with van der Waals surface area (Å²) in [5.41, 5.74) is 3.68. The van der Waals surface area contributed by atoms with Crippen molar-refractivity contribution in [3.8, 4) is 0 Å². The summed E-state index contributed by atoms with van der Waals surface area (Å²) >= 11 is 0. The average molecular weight is 257 g/mol. The molecule has 5 heteroatoms. The number of rotatable bonds is 3. The molecule has 0 bridgehead atoms. The van der Waals surface area contributed by atoms with E-state index in [1.807, 2.05) is 6.07 Å². The third-order valence-electron chi connectivity index (χ3n) is 2.76. The standard InChI is InChI=1S/C12H16N2O2.ClH/c1-16-12(15)8-14-11-3-2-10-7-13-5-4-9(10)6-11;/h2-3,6,13-14H,4-5,7-8H2,1H3;1H. The lowest BCUT2D eigenvalue weighted by Gasteiger charge is -2.18. The summed E-state index contributed by atoms with van der Waals surface area (Å²) in [6.45, 7) is 2.17. The first-order chi connectivity index (χ1) is 7.79. The van der Waals surface area contributed by atoms with Gasteiger partial charge in [0.2, 0.25) is 0 Å². The number of fused-ring (bicyclic) bond motifs is 1. The highest BCUT2D eigenvalue weighted by molar-refractivity contribution is 5.85. The van der Waals surface area contributed by atoms with Crippen molar-refractivity contribution in [2.45, 2.75) is 13.0 Å². The second-order valence-electron chi connectivity index (χ2n) is 3.84. The van der Waals surface area contributed by atoms with E-state index in [1.165, 1.54) is 18.2 Å². The fourth-order valence-electron chi connectivity index (χ4n) is 1.83. The van der Waals surface area contributed by atoms with Gasteiger partial charge in [0.1, 0.15) is 6.54 Å². The first-order valence-electron chi connectivity index (χ1n) is 5.43. The van der Waals surface area contributed by atoms with Crippen molar-refractivity contribution < 1.29 is 9.53 Å². The molecular formula is C12H17ClN2O2. The van der Waals surface area contributed by atoms with Crippen LogP contribution in [0.25, 0.3) is 0 Å². The van der Waals surface area contributed by atoms with E-state index in [2.05, 4.69) is 27.5 Å². The van der Waals surface area contributed by atoms with Gasteiger partial charge in [0.15, 0.2) is 0 Å². The number of benzene rings is 1. The normalized spacial score (nSPS) is 13.2. The molecule has 17 heavy (non-hydrogen) atoms. The largest absolute Gasteiger partial charge is 0.468 e. The monoisotopic (exact) mass is 256 g/mol. The second kappa shape index (κ2) is 6.47. The summed E-state index contributed by atoms with van der Waals surface area (Å²) in [5, 5.41) is 6.38. The first-order valence-corrected chi connectivity index (χ1v) is 5.43. The Morgan fingerprint density at radius 3 is 3.06 bits per heavy atom. The van der Waals surface area contributed by atoms with E-state index in [1.54, 1.807) is 0 Å². The predicted octanol–water partition coefficient (Wildman–Crippen LogP) is 1.34. The van der Waals surface area contributed by atoms with Gasteiger partial charge in [0.25, 0.3) is 0 Å². The zero-order valence-corrected chi connectivity index (χ0v) is 10.6. The Balaban J connectivity index is 0.00000144. The lowest BCUT2D eigenvalue weighted by Crippen LogP contribution is -2.23. The molecule has 1 aliphatic rings. The fourth-order valence-corrected chi connectivity index (χ4v) is 1.83. The molecule has 0 spiro atoms. The van der Waals surface area contributed by atoms with Crippen LogP contribution >= 0.6 is 12.4 Å². The molecule has 4 nitrogen and oxygen atoms in total. The molecule has 0 aromatic heterocycles. The summed E-state index contributed by atoms with van der Waals surface area (Å²) < 4.78 is 4.57. The van der Waals surface area contributed by atoms with Gasteiger partial charge in [-0.1, -0.05) is 6.07 Å². The second-order valence-corrected chi connectivity index (χ2v) is 3.84. The van der Waals surface area contributed by atoms with Crippen molar-refractivity contribution >= 4 is 24.1 Å². The number of esters is 1. The third kappa shape index (κ3) is 3.61. The average Bonchev–Trinajstić information content (AvgIpc) is 2.35. The molecule has 0 radical (unpaired) electrons. The minimum Gasteiger partial charge on any atom is -0.468 e. The van der Waals surface area contributed by atoms with Crippen LogP contribution in [-0.4, -0.2) is 26.2 Å². The molecule has 0 aliphatic carbocycles. The van der Waals surface area contributed by atoms with Gasteiger partial charge in [-0.15, -0.1) is 12.4 Å². The molecule has 0 amide bonds. The van der Waals surface area contributed by atoms with Gasteiger partial charge in [0, 0.05) is 12.2 Å². The van der Waals surface area contributed by atoms with Gasteiger partial charge in [-0.2, -0.15) is 0 Å². The lowest BCUT2D eigenvalue weighted by atomic mass is 10.0. The quantitative estimate of drug-likeness (QED) is 0.802. The number of methoxy groups -OCH3 is 1. The number of anilines is 1. The van der Waals surface area contributed by atoms with E-state index in [-0.39, 0.29) is 24.9 Å². The van der Waals surface area contributed by atoms with Crippen molar-refractivity contribution in [1.29, 1.82) is 0 Å². The summed E-state index contributed by atoms with van der Waals surface area (Å²) in [7, 11) is 1.39. The maximum atomic E-state index is 11.0. The zero-order valence-electron chi connectivity index (χ0n) is 9.79. The number of hydrogen-bond donors (Lipinski definition) is 2. The van der Waals surface area contributed by atoms with E-state index in [0.717, 1.165) is 25.2 Å². The van der Waals surface area contributed by atoms with E-state index in [4.69, 9.17) is 0 Å². The number of hydrogen-bond acceptors (Lipinski definition) is 4. The molecule has 2 N–H and O–H groups in total. The van der Waals surface area contributed by atoms with Crippen LogP contribution in [0.1, 0.15) is 11.1 Å². The highest BCUT2D eigenvalue weighted by Gasteiger charge is 2.09. The Morgan fingerprint density at radius 1 is 1.47 bits per heavy atom. The Labute approximate surface area is 107 Å². The minimum atomic E-state index is -0.251. The van der Waals surface area contributed by atoms with Crippen molar-refractivity contribution in [3.05, 3.63) is 29.3 Å². The highest BCUT2D eigenvalue weighted by atomic mass is 35.5. The van der Waals surface area contributed by atoms with E-state index in [9.17, 15) is 4.79 Å². The van der Waals surface area contributed by atoms with E-state index >= 15 is 0 Å². The molecule has 0 saturated heterocycles. The number of nitrogens with one attached hydrogen (secondary N) is 2. The van der Waals surface area contributed by atoms with Gasteiger partial charge in [-0.05, 0) is 36.2 Å². The molecule has 1 aromatic carbocycles. The van der Waals surface area contributed by atoms with Crippen LogP contribution in [0.2, 0.25) is 0 Å². The Kier molecular flexibility index (Phi) is 5.25. The van der Waals surface area contributed by atoms with Crippen LogP contribution in [0.15, 0.2) is 18.2 Å². The van der Waals surface area contributed by atoms with Gasteiger partial charge in [-0.25, -0.2) is 0 Å². The summed E-state index contributed by atoms with van der Waals surface area (Å²) in [6, 6.07) is 6.20. The van der Waals surface area contributed by atoms with Crippen molar-refractivity contribution in [3.63, 3.8) is 0 Å². The minimum absolute atomic E-state index is 0. The third-order valence-corrected chi connectivity index (χ3v) is 2.76. The SMILES string of the molecule is COC(=O)CNc1ccc2c(c1)CCNC2.Cl.